The zero-order chi connectivity index (χ0) is 27.2. The number of amides is 1. The number of guanidine groups is 1. The Labute approximate surface area is 206 Å². The number of sulfone groups is 2. The van der Waals surface area contributed by atoms with E-state index < -0.39 is 54.7 Å². The van der Waals surface area contributed by atoms with E-state index in [1.807, 2.05) is 0 Å². The van der Waals surface area contributed by atoms with E-state index in [9.17, 15) is 35.2 Å². The number of esters is 1. The van der Waals surface area contributed by atoms with Gasteiger partial charge in [0.25, 0.3) is 5.91 Å². The van der Waals surface area contributed by atoms with Crippen LogP contribution in [0.5, 0.6) is 0 Å². The van der Waals surface area contributed by atoms with Gasteiger partial charge >= 0.3 is 5.97 Å². The topological polar surface area (TPSA) is 176 Å². The van der Waals surface area contributed by atoms with Crippen molar-refractivity contribution in [2.75, 3.05) is 18.6 Å². The summed E-state index contributed by atoms with van der Waals surface area (Å²) in [6, 6.07) is 4.23. The highest BCUT2D eigenvalue weighted by Crippen LogP contribution is 2.37. The number of halogens is 2. The fourth-order valence-corrected chi connectivity index (χ4v) is 7.94. The number of nitrogens with zero attached hydrogens (tertiary/aromatic N) is 1. The molecule has 2 unspecified atom stereocenters. The van der Waals surface area contributed by atoms with Crippen molar-refractivity contribution >= 4 is 37.5 Å². The quantitative estimate of drug-likeness (QED) is 0.247. The van der Waals surface area contributed by atoms with Gasteiger partial charge in [0.05, 0.1) is 39.5 Å². The second-order valence-corrected chi connectivity index (χ2v) is 12.4. The molecule has 4 rings (SSSR count). The van der Waals surface area contributed by atoms with Gasteiger partial charge in [0.1, 0.15) is 11.6 Å². The lowest BCUT2D eigenvalue weighted by atomic mass is 10.0. The lowest BCUT2D eigenvalue weighted by Crippen LogP contribution is -2.24. The number of methoxy groups -OCH3 is 1. The second kappa shape index (κ2) is 9.58. The number of benzene rings is 2. The zero-order valence-electron chi connectivity index (χ0n) is 19.4. The van der Waals surface area contributed by atoms with E-state index in [1.54, 1.807) is 13.8 Å². The molecule has 10 nitrogen and oxygen atoms in total. The number of rotatable bonds is 2. The van der Waals surface area contributed by atoms with Crippen LogP contribution in [0.3, 0.4) is 0 Å². The van der Waals surface area contributed by atoms with E-state index in [0.29, 0.717) is 11.1 Å². The zero-order valence-corrected chi connectivity index (χ0v) is 21.0. The first-order valence-electron chi connectivity index (χ1n) is 10.4. The molecule has 2 aromatic carbocycles. The monoisotopic (exact) mass is 543 g/mol. The molecule has 0 aromatic heterocycles. The van der Waals surface area contributed by atoms with Gasteiger partial charge in [0.2, 0.25) is 0 Å². The molecule has 2 aromatic rings. The molecule has 2 atom stereocenters. The third kappa shape index (κ3) is 5.09. The summed E-state index contributed by atoms with van der Waals surface area (Å²) in [7, 11) is -5.78. The summed E-state index contributed by atoms with van der Waals surface area (Å²) < 4.78 is 79.0. The maximum absolute atomic E-state index is 13.8. The third-order valence-electron chi connectivity index (χ3n) is 5.74. The van der Waals surface area contributed by atoms with Crippen LogP contribution in [-0.4, -0.2) is 53.3 Å². The van der Waals surface area contributed by atoms with Crippen LogP contribution in [0.1, 0.15) is 57.5 Å². The predicted octanol–water partition coefficient (Wildman–Crippen LogP) is 1.63. The Morgan fingerprint density at radius 3 is 1.69 bits per heavy atom. The number of aliphatic imine (C=N–C) groups is 1. The first-order valence-corrected chi connectivity index (χ1v) is 13.7. The first kappa shape index (κ1) is 27.2. The number of hydrogen-bond donors (Lipinski definition) is 2. The highest BCUT2D eigenvalue weighted by atomic mass is 32.2. The minimum atomic E-state index is -3.49. The molecular formula is C22H23F2N3O7S2. The highest BCUT2D eigenvalue weighted by Gasteiger charge is 2.35. The number of ether oxygens (including phenoxy) is 1. The molecule has 0 aliphatic carbocycles. The normalized spacial score (nSPS) is 20.4. The van der Waals surface area contributed by atoms with Crippen LogP contribution in [0.15, 0.2) is 39.0 Å². The first-order chi connectivity index (χ1) is 16.6. The molecule has 0 radical (unpaired) electrons. The van der Waals surface area contributed by atoms with Crippen LogP contribution < -0.4 is 11.5 Å². The molecule has 14 heteroatoms. The van der Waals surface area contributed by atoms with Gasteiger partial charge in [-0.05, 0) is 47.2 Å². The predicted molar refractivity (Wildman–Crippen MR) is 125 cm³/mol. The second-order valence-electron chi connectivity index (χ2n) is 8.44. The highest BCUT2D eigenvalue weighted by molar-refractivity contribution is 7.92. The van der Waals surface area contributed by atoms with Crippen molar-refractivity contribution in [2.24, 2.45) is 16.5 Å². The van der Waals surface area contributed by atoms with Gasteiger partial charge in [-0.1, -0.05) is 13.8 Å². The maximum atomic E-state index is 13.8. The minimum absolute atomic E-state index is 0.0319. The van der Waals surface area contributed by atoms with Gasteiger partial charge in [-0.2, -0.15) is 4.99 Å². The number of fused-ring (bicyclic) bond motifs is 2. The van der Waals surface area contributed by atoms with Crippen LogP contribution in [0.25, 0.3) is 0 Å². The number of nitrogens with two attached hydrogens (primary N) is 2. The van der Waals surface area contributed by atoms with Gasteiger partial charge < -0.3 is 16.2 Å². The molecular weight excluding hydrogens is 520 g/mol. The largest absolute Gasteiger partial charge is 0.465 e. The van der Waals surface area contributed by atoms with Gasteiger partial charge in [0.15, 0.2) is 25.6 Å². The van der Waals surface area contributed by atoms with E-state index >= 15 is 0 Å². The lowest BCUT2D eigenvalue weighted by molar-refractivity contribution is 0.0595. The fourth-order valence-electron chi connectivity index (χ4n) is 4.07. The van der Waals surface area contributed by atoms with Crippen LogP contribution in [-0.2, 0) is 24.4 Å². The SMILES string of the molecule is CC1CS(=O)(=O)c2cc(C(=O)N=C(N)N)c(F)cc21.COC(=O)c1cc2c(cc1F)C(C)CS2(=O)=O. The molecule has 2 aliphatic heterocycles. The molecule has 0 spiro atoms. The van der Waals surface area contributed by atoms with Crippen molar-refractivity contribution in [1.29, 1.82) is 0 Å². The van der Waals surface area contributed by atoms with Gasteiger partial charge in [0, 0.05) is 0 Å². The van der Waals surface area contributed by atoms with Gasteiger partial charge in [-0.3, -0.25) is 4.79 Å². The van der Waals surface area contributed by atoms with E-state index in [2.05, 4.69) is 9.73 Å². The molecule has 0 saturated carbocycles. The van der Waals surface area contributed by atoms with E-state index in [4.69, 9.17) is 11.5 Å². The van der Waals surface area contributed by atoms with Gasteiger partial charge in [-0.15, -0.1) is 0 Å². The smallest absolute Gasteiger partial charge is 0.340 e. The molecule has 0 saturated heterocycles. The van der Waals surface area contributed by atoms with Crippen molar-refractivity contribution in [2.45, 2.75) is 35.5 Å². The maximum Gasteiger partial charge on any atom is 0.340 e. The minimum Gasteiger partial charge on any atom is -0.465 e. The van der Waals surface area contributed by atoms with Crippen molar-refractivity contribution in [3.8, 4) is 0 Å². The Hall–Kier alpha value is -3.39. The Morgan fingerprint density at radius 2 is 1.28 bits per heavy atom. The molecule has 0 bridgehead atoms. The Bertz CT molecular complexity index is 1520. The van der Waals surface area contributed by atoms with E-state index in [0.717, 1.165) is 31.4 Å². The van der Waals surface area contributed by atoms with Crippen molar-refractivity contribution < 1.29 is 39.9 Å². The van der Waals surface area contributed by atoms with Crippen LogP contribution in [0, 0.1) is 11.6 Å². The van der Waals surface area contributed by atoms with Crippen LogP contribution in [0.4, 0.5) is 8.78 Å². The van der Waals surface area contributed by atoms with Crippen LogP contribution >= 0.6 is 0 Å². The number of carbonyl (C=O) groups is 2. The standard InChI is InChI=1S/C11H12FN3O3S.C11H11FO4S/c1-5-4-19(17,18)9-3-7(8(12)2-6(5)9)10(16)15-11(13)14;1-6-5-17(14,15)10-4-8(11(13)16-2)9(12)3-7(6)10/h2-3,5H,4H2,1H3,(H4,13,14,15,16);3-4,6H,5H2,1-2H3. The van der Waals surface area contributed by atoms with Crippen molar-refractivity contribution in [3.05, 3.63) is 58.2 Å². The molecule has 36 heavy (non-hydrogen) atoms. The van der Waals surface area contributed by atoms with Crippen LogP contribution in [0.2, 0.25) is 0 Å². The van der Waals surface area contributed by atoms with Gasteiger partial charge in [-0.25, -0.2) is 30.4 Å². The molecule has 2 heterocycles. The lowest BCUT2D eigenvalue weighted by Gasteiger charge is -2.06. The molecule has 0 fully saturated rings. The molecule has 2 aliphatic rings. The molecule has 1 amide bonds. The van der Waals surface area contributed by atoms with E-state index in [1.165, 1.54) is 0 Å². The fraction of sp³-hybridized carbons (Fsp3) is 0.318. The Balaban J connectivity index is 0.000000202. The molecule has 4 N–H and O–H groups in total. The number of carbonyl (C=O) groups excluding carboxylic acids is 2. The summed E-state index contributed by atoms with van der Waals surface area (Å²) in [6.45, 7) is 3.39. The molecule has 194 valence electrons. The summed E-state index contributed by atoms with van der Waals surface area (Å²) in [5.41, 5.74) is 10.1. The number of hydrogen-bond acceptors (Lipinski definition) is 7. The average Bonchev–Trinajstić information content (AvgIpc) is 3.12. The summed E-state index contributed by atoms with van der Waals surface area (Å²) in [4.78, 5) is 26.1. The summed E-state index contributed by atoms with van der Waals surface area (Å²) in [5.74, 6) is -4.68. The van der Waals surface area contributed by atoms with E-state index in [-0.39, 0.29) is 38.7 Å². The summed E-state index contributed by atoms with van der Waals surface area (Å²) >= 11 is 0. The average molecular weight is 544 g/mol. The summed E-state index contributed by atoms with van der Waals surface area (Å²) in [5, 5.41) is 0. The Kier molecular flexibility index (Phi) is 7.24. The van der Waals surface area contributed by atoms with Crippen molar-refractivity contribution in [3.63, 3.8) is 0 Å². The third-order valence-corrected chi connectivity index (χ3v) is 9.66. The summed E-state index contributed by atoms with van der Waals surface area (Å²) in [6.07, 6.45) is 0. The van der Waals surface area contributed by atoms with Crippen molar-refractivity contribution in [1.82, 2.24) is 0 Å². The Morgan fingerprint density at radius 1 is 0.861 bits per heavy atom.